The molecule has 2 heterocycles. The van der Waals surface area contributed by atoms with E-state index in [0.717, 1.165) is 18.4 Å². The predicted octanol–water partition coefficient (Wildman–Crippen LogP) is 3.24. The highest BCUT2D eigenvalue weighted by Crippen LogP contribution is 2.37. The Morgan fingerprint density at radius 1 is 1.32 bits per heavy atom. The molecule has 1 aromatic carbocycles. The molecule has 0 amide bonds. The third kappa shape index (κ3) is 2.66. The van der Waals surface area contributed by atoms with Crippen molar-refractivity contribution in [3.05, 3.63) is 57.1 Å². The molecule has 1 fully saturated rings. The lowest BCUT2D eigenvalue weighted by molar-refractivity contribution is 0.0603. The van der Waals surface area contributed by atoms with Gasteiger partial charge >= 0.3 is 5.97 Å². The average molecular weight is 353 g/mol. The minimum Gasteiger partial charge on any atom is -0.465 e. The second-order valence-electron chi connectivity index (χ2n) is 5.97. The Bertz CT molecular complexity index is 1100. The van der Waals surface area contributed by atoms with Crippen LogP contribution in [0, 0.1) is 4.77 Å². The molecule has 0 radical (unpaired) electrons. The first-order chi connectivity index (χ1) is 12.1. The smallest absolute Gasteiger partial charge is 0.338 e. The van der Waals surface area contributed by atoms with E-state index in [0.29, 0.717) is 16.1 Å². The summed E-state index contributed by atoms with van der Waals surface area (Å²) in [5.74, 6) is -0.574. The first-order valence-electron chi connectivity index (χ1n) is 7.93. The molecule has 126 valence electrons. The number of nitrogens with zero attached hydrogens (tertiary/aromatic N) is 2. The second-order valence-corrected chi connectivity index (χ2v) is 6.36. The van der Waals surface area contributed by atoms with Crippen LogP contribution in [-0.2, 0) is 4.74 Å². The fourth-order valence-electron chi connectivity index (χ4n) is 2.95. The van der Waals surface area contributed by atoms with E-state index < -0.39 is 11.5 Å². The topological polar surface area (TPSA) is 77.0 Å². The maximum Gasteiger partial charge on any atom is 0.338 e. The highest BCUT2D eigenvalue weighted by Gasteiger charge is 2.28. The number of hydrogen-bond acceptors (Lipinski definition) is 5. The van der Waals surface area contributed by atoms with Crippen molar-refractivity contribution in [3.63, 3.8) is 0 Å². The molecule has 1 aliphatic carbocycles. The fourth-order valence-corrected chi connectivity index (χ4v) is 3.27. The van der Waals surface area contributed by atoms with Crippen molar-refractivity contribution in [1.82, 2.24) is 14.5 Å². The summed E-state index contributed by atoms with van der Waals surface area (Å²) in [6, 6.07) is 11.3. The summed E-state index contributed by atoms with van der Waals surface area (Å²) in [6.45, 7) is 0. The third-order valence-electron chi connectivity index (χ3n) is 4.28. The Kier molecular flexibility index (Phi) is 3.73. The molecule has 1 aliphatic rings. The number of pyridine rings is 1. The maximum absolute atomic E-state index is 12.5. The first kappa shape index (κ1) is 15.7. The van der Waals surface area contributed by atoms with E-state index in [-0.39, 0.29) is 17.0 Å². The number of nitrogens with one attached hydrogen (secondary N) is 1. The van der Waals surface area contributed by atoms with Gasteiger partial charge in [0.25, 0.3) is 5.56 Å². The number of aromatic amines is 1. The van der Waals surface area contributed by atoms with Gasteiger partial charge < -0.3 is 4.74 Å². The van der Waals surface area contributed by atoms with E-state index in [9.17, 15) is 9.59 Å². The van der Waals surface area contributed by atoms with Crippen molar-refractivity contribution >= 4 is 29.2 Å². The van der Waals surface area contributed by atoms with Crippen molar-refractivity contribution in [2.24, 2.45) is 0 Å². The van der Waals surface area contributed by atoms with Crippen LogP contribution in [0.3, 0.4) is 0 Å². The van der Waals surface area contributed by atoms with Gasteiger partial charge in [-0.1, -0.05) is 30.3 Å². The molecule has 1 saturated carbocycles. The Balaban J connectivity index is 2.14. The highest BCUT2D eigenvalue weighted by atomic mass is 32.1. The molecular formula is C18H15N3O3S. The van der Waals surface area contributed by atoms with Crippen molar-refractivity contribution in [1.29, 1.82) is 0 Å². The van der Waals surface area contributed by atoms with Crippen LogP contribution in [-0.4, -0.2) is 27.6 Å². The molecule has 4 rings (SSSR count). The number of carbonyl (C=O) groups excluding carboxylic acids is 1. The lowest BCUT2D eigenvalue weighted by Crippen LogP contribution is -2.19. The summed E-state index contributed by atoms with van der Waals surface area (Å²) in [4.78, 5) is 32.1. The van der Waals surface area contributed by atoms with E-state index in [2.05, 4.69) is 9.97 Å². The van der Waals surface area contributed by atoms with E-state index in [1.54, 1.807) is 6.07 Å². The molecule has 0 unspecified atom stereocenters. The average Bonchev–Trinajstić information content (AvgIpc) is 3.45. The number of fused-ring (bicyclic) bond motifs is 1. The van der Waals surface area contributed by atoms with E-state index >= 15 is 0 Å². The maximum atomic E-state index is 12.5. The number of methoxy groups -OCH3 is 1. The summed E-state index contributed by atoms with van der Waals surface area (Å²) < 4.78 is 7.05. The molecule has 2 aromatic heterocycles. The number of benzene rings is 1. The normalized spacial score (nSPS) is 13.8. The zero-order valence-electron chi connectivity index (χ0n) is 13.5. The minimum atomic E-state index is -0.574. The quantitative estimate of drug-likeness (QED) is 0.578. The molecule has 0 aliphatic heterocycles. The number of ether oxygens (including phenoxy) is 1. The molecule has 6 nitrogen and oxygen atoms in total. The third-order valence-corrected chi connectivity index (χ3v) is 4.58. The van der Waals surface area contributed by atoms with Crippen molar-refractivity contribution in [3.8, 4) is 11.3 Å². The second kappa shape index (κ2) is 5.93. The molecule has 0 atom stereocenters. The lowest BCUT2D eigenvalue weighted by Gasteiger charge is -2.13. The van der Waals surface area contributed by atoms with Crippen LogP contribution in [0.1, 0.15) is 29.2 Å². The van der Waals surface area contributed by atoms with Gasteiger partial charge in [-0.15, -0.1) is 0 Å². The van der Waals surface area contributed by atoms with Crippen molar-refractivity contribution in [2.45, 2.75) is 18.9 Å². The van der Waals surface area contributed by atoms with E-state index in [4.69, 9.17) is 17.0 Å². The van der Waals surface area contributed by atoms with E-state index in [1.165, 1.54) is 7.11 Å². The molecule has 1 N–H and O–H groups in total. The predicted molar refractivity (Wildman–Crippen MR) is 96.2 cm³/mol. The lowest BCUT2D eigenvalue weighted by atomic mass is 10.1. The van der Waals surface area contributed by atoms with Gasteiger partial charge in [0.2, 0.25) is 0 Å². The van der Waals surface area contributed by atoms with Crippen LogP contribution in [0.5, 0.6) is 0 Å². The minimum absolute atomic E-state index is 0.192. The van der Waals surface area contributed by atoms with Gasteiger partial charge in [-0.25, -0.2) is 9.78 Å². The van der Waals surface area contributed by atoms with Crippen LogP contribution in [0.25, 0.3) is 22.3 Å². The largest absolute Gasteiger partial charge is 0.465 e. The van der Waals surface area contributed by atoms with Gasteiger partial charge in [0, 0.05) is 11.6 Å². The standard InChI is InChI=1S/C18H15N3O3S/c1-24-17(23)12-9-13(10-5-3-2-4-6-10)19-15-14(12)16(22)20-18(25)21(15)11-7-8-11/h2-6,9,11H,7-8H2,1H3,(H,20,22,25). The highest BCUT2D eigenvalue weighted by molar-refractivity contribution is 7.71. The van der Waals surface area contributed by atoms with Crippen LogP contribution < -0.4 is 5.56 Å². The zero-order valence-corrected chi connectivity index (χ0v) is 14.3. The van der Waals surface area contributed by atoms with Crippen LogP contribution >= 0.6 is 12.2 Å². The Labute approximate surface area is 148 Å². The molecular weight excluding hydrogens is 338 g/mol. The molecule has 7 heteroatoms. The number of H-pyrrole nitrogens is 1. The van der Waals surface area contributed by atoms with Gasteiger partial charge in [-0.2, -0.15) is 0 Å². The fraction of sp³-hybridized carbons (Fsp3) is 0.222. The molecule has 3 aromatic rings. The summed E-state index contributed by atoms with van der Waals surface area (Å²) in [6.07, 6.45) is 1.94. The van der Waals surface area contributed by atoms with E-state index in [1.807, 2.05) is 34.9 Å². The number of esters is 1. The summed E-state index contributed by atoms with van der Waals surface area (Å²) in [5, 5.41) is 0.215. The zero-order chi connectivity index (χ0) is 17.6. The van der Waals surface area contributed by atoms with Gasteiger partial charge in [-0.05, 0) is 31.1 Å². The Morgan fingerprint density at radius 2 is 2.04 bits per heavy atom. The number of hydrogen-bond donors (Lipinski definition) is 1. The van der Waals surface area contributed by atoms with Gasteiger partial charge in [0.1, 0.15) is 5.65 Å². The van der Waals surface area contributed by atoms with Gasteiger partial charge in [0.15, 0.2) is 4.77 Å². The van der Waals surface area contributed by atoms with Crippen LogP contribution in [0.4, 0.5) is 0 Å². The van der Waals surface area contributed by atoms with Crippen molar-refractivity contribution in [2.75, 3.05) is 7.11 Å². The van der Waals surface area contributed by atoms with Crippen molar-refractivity contribution < 1.29 is 9.53 Å². The monoisotopic (exact) mass is 353 g/mol. The van der Waals surface area contributed by atoms with Crippen LogP contribution in [0.2, 0.25) is 0 Å². The van der Waals surface area contributed by atoms with Gasteiger partial charge in [0.05, 0.1) is 23.8 Å². The molecule has 25 heavy (non-hydrogen) atoms. The Morgan fingerprint density at radius 3 is 2.68 bits per heavy atom. The summed E-state index contributed by atoms with van der Waals surface area (Å²) >= 11 is 5.33. The first-order valence-corrected chi connectivity index (χ1v) is 8.34. The number of aromatic nitrogens is 3. The van der Waals surface area contributed by atoms with Crippen LogP contribution in [0.15, 0.2) is 41.2 Å². The summed E-state index contributed by atoms with van der Waals surface area (Å²) in [5.41, 5.74) is 1.64. The van der Waals surface area contributed by atoms with Gasteiger partial charge in [-0.3, -0.25) is 14.3 Å². The molecule has 0 spiro atoms. The number of rotatable bonds is 3. The summed E-state index contributed by atoms with van der Waals surface area (Å²) in [7, 11) is 1.29. The molecule has 0 saturated heterocycles. The number of carbonyl (C=O) groups is 1. The SMILES string of the molecule is COC(=O)c1cc(-c2ccccc2)nc2c1c(=O)[nH]c(=S)n2C1CC1. The molecule has 0 bridgehead atoms. The Hall–Kier alpha value is -2.80.